The van der Waals surface area contributed by atoms with Crippen LogP contribution in [0.5, 0.6) is 0 Å². The number of benzene rings is 2. The SMILES string of the molecule is CCCNC(c1cc(Br)ccc1C)c1cc(C)ccc1F. The predicted molar refractivity (Wildman–Crippen MR) is 90.2 cm³/mol. The lowest BCUT2D eigenvalue weighted by atomic mass is 9.93. The minimum Gasteiger partial charge on any atom is -0.306 e. The first-order valence-electron chi connectivity index (χ1n) is 7.28. The normalized spacial score (nSPS) is 12.4. The third-order valence-electron chi connectivity index (χ3n) is 3.61. The highest BCUT2D eigenvalue weighted by Crippen LogP contribution is 2.29. The van der Waals surface area contributed by atoms with Crippen LogP contribution in [0.3, 0.4) is 0 Å². The van der Waals surface area contributed by atoms with Crippen molar-refractivity contribution in [1.29, 1.82) is 0 Å². The maximum atomic E-state index is 14.3. The molecule has 0 bridgehead atoms. The smallest absolute Gasteiger partial charge is 0.128 e. The summed E-state index contributed by atoms with van der Waals surface area (Å²) in [5, 5.41) is 3.48. The molecule has 0 saturated heterocycles. The zero-order chi connectivity index (χ0) is 15.4. The van der Waals surface area contributed by atoms with Crippen molar-refractivity contribution in [2.45, 2.75) is 33.2 Å². The largest absolute Gasteiger partial charge is 0.306 e. The third kappa shape index (κ3) is 3.92. The van der Waals surface area contributed by atoms with Crippen LogP contribution in [-0.4, -0.2) is 6.54 Å². The summed E-state index contributed by atoms with van der Waals surface area (Å²) in [5.41, 5.74) is 4.06. The van der Waals surface area contributed by atoms with Crippen LogP contribution in [0.4, 0.5) is 4.39 Å². The van der Waals surface area contributed by atoms with Crippen molar-refractivity contribution in [1.82, 2.24) is 5.32 Å². The van der Waals surface area contributed by atoms with Gasteiger partial charge in [0.2, 0.25) is 0 Å². The maximum absolute atomic E-state index is 14.3. The van der Waals surface area contributed by atoms with Gasteiger partial charge in [0.05, 0.1) is 6.04 Å². The third-order valence-corrected chi connectivity index (χ3v) is 4.11. The van der Waals surface area contributed by atoms with E-state index in [-0.39, 0.29) is 11.9 Å². The number of nitrogens with one attached hydrogen (secondary N) is 1. The molecule has 1 nitrogen and oxygen atoms in total. The van der Waals surface area contributed by atoms with Crippen LogP contribution in [0.15, 0.2) is 40.9 Å². The Balaban J connectivity index is 2.52. The van der Waals surface area contributed by atoms with Crippen LogP contribution < -0.4 is 5.32 Å². The van der Waals surface area contributed by atoms with E-state index in [9.17, 15) is 4.39 Å². The summed E-state index contributed by atoms with van der Waals surface area (Å²) in [5.74, 6) is -0.159. The fraction of sp³-hybridized carbons (Fsp3) is 0.333. The molecular formula is C18H21BrFN. The maximum Gasteiger partial charge on any atom is 0.128 e. The summed E-state index contributed by atoms with van der Waals surface area (Å²) in [4.78, 5) is 0. The first-order valence-corrected chi connectivity index (χ1v) is 8.07. The van der Waals surface area contributed by atoms with E-state index in [4.69, 9.17) is 0 Å². The number of hydrogen-bond donors (Lipinski definition) is 1. The predicted octanol–water partition coefficient (Wildman–Crippen LogP) is 5.29. The molecule has 0 fully saturated rings. The van der Waals surface area contributed by atoms with Crippen LogP contribution in [-0.2, 0) is 0 Å². The molecule has 0 amide bonds. The minimum atomic E-state index is -0.159. The summed E-state index contributed by atoms with van der Waals surface area (Å²) in [6, 6.07) is 11.3. The topological polar surface area (TPSA) is 12.0 Å². The van der Waals surface area contributed by atoms with Gasteiger partial charge in [-0.2, -0.15) is 0 Å². The minimum absolute atomic E-state index is 0.123. The average Bonchev–Trinajstić information content (AvgIpc) is 2.46. The summed E-state index contributed by atoms with van der Waals surface area (Å²) >= 11 is 3.52. The van der Waals surface area contributed by atoms with Gasteiger partial charge in [-0.1, -0.05) is 46.6 Å². The van der Waals surface area contributed by atoms with E-state index in [1.807, 2.05) is 25.1 Å². The molecule has 0 aliphatic carbocycles. The molecular weight excluding hydrogens is 329 g/mol. The molecule has 1 atom stereocenters. The zero-order valence-electron chi connectivity index (χ0n) is 12.7. The lowest BCUT2D eigenvalue weighted by molar-refractivity contribution is 0.545. The summed E-state index contributed by atoms with van der Waals surface area (Å²) in [6.07, 6.45) is 1.01. The van der Waals surface area contributed by atoms with Crippen LogP contribution in [0.1, 0.15) is 41.6 Å². The number of rotatable bonds is 5. The summed E-state index contributed by atoms with van der Waals surface area (Å²) in [7, 11) is 0. The molecule has 0 saturated carbocycles. The fourth-order valence-corrected chi connectivity index (χ4v) is 2.86. The Morgan fingerprint density at radius 2 is 1.86 bits per heavy atom. The number of hydrogen-bond acceptors (Lipinski definition) is 1. The molecule has 1 unspecified atom stereocenters. The molecule has 0 radical (unpaired) electrons. The molecule has 2 aromatic rings. The molecule has 0 heterocycles. The van der Waals surface area contributed by atoms with Crippen LogP contribution in [0.25, 0.3) is 0 Å². The second-order valence-corrected chi connectivity index (χ2v) is 6.33. The Morgan fingerprint density at radius 1 is 1.10 bits per heavy atom. The Morgan fingerprint density at radius 3 is 2.57 bits per heavy atom. The standard InChI is InChI=1S/C18H21BrFN/c1-4-9-21-18(15-11-14(19)7-6-13(15)3)16-10-12(2)5-8-17(16)20/h5-8,10-11,18,21H,4,9H2,1-3H3. The molecule has 112 valence electrons. The zero-order valence-corrected chi connectivity index (χ0v) is 14.3. The van der Waals surface area contributed by atoms with E-state index in [1.165, 1.54) is 0 Å². The van der Waals surface area contributed by atoms with Gasteiger partial charge >= 0.3 is 0 Å². The first-order chi connectivity index (χ1) is 10.0. The average molecular weight is 350 g/mol. The monoisotopic (exact) mass is 349 g/mol. The molecule has 21 heavy (non-hydrogen) atoms. The lowest BCUT2D eigenvalue weighted by Crippen LogP contribution is -2.25. The van der Waals surface area contributed by atoms with Crippen molar-refractivity contribution in [3.05, 3.63) is 68.9 Å². The quantitative estimate of drug-likeness (QED) is 0.772. The second kappa shape index (κ2) is 7.19. The van der Waals surface area contributed by atoms with Gasteiger partial charge in [0.25, 0.3) is 0 Å². The molecule has 0 aliphatic rings. The van der Waals surface area contributed by atoms with Gasteiger partial charge in [-0.3, -0.25) is 0 Å². The van der Waals surface area contributed by atoms with Gasteiger partial charge < -0.3 is 5.32 Å². The Hall–Kier alpha value is -1.19. The Kier molecular flexibility index (Phi) is 5.54. The van der Waals surface area contributed by atoms with Gasteiger partial charge in [0.15, 0.2) is 0 Å². The van der Waals surface area contributed by atoms with Crippen LogP contribution in [0.2, 0.25) is 0 Å². The van der Waals surface area contributed by atoms with E-state index >= 15 is 0 Å². The fourth-order valence-electron chi connectivity index (χ4n) is 2.48. The summed E-state index contributed by atoms with van der Waals surface area (Å²) in [6.45, 7) is 7.03. The Bertz CT molecular complexity index is 573. The summed E-state index contributed by atoms with van der Waals surface area (Å²) < 4.78 is 15.3. The van der Waals surface area contributed by atoms with Crippen molar-refractivity contribution in [2.24, 2.45) is 0 Å². The van der Waals surface area contributed by atoms with Crippen molar-refractivity contribution in [3.63, 3.8) is 0 Å². The number of halogens is 2. The highest BCUT2D eigenvalue weighted by Gasteiger charge is 2.19. The van der Waals surface area contributed by atoms with Crippen LogP contribution in [0, 0.1) is 19.7 Å². The van der Waals surface area contributed by atoms with Crippen LogP contribution >= 0.6 is 15.9 Å². The molecule has 1 N–H and O–H groups in total. The molecule has 0 aliphatic heterocycles. The molecule has 2 aromatic carbocycles. The van der Waals surface area contributed by atoms with E-state index in [2.05, 4.69) is 47.2 Å². The molecule has 0 spiro atoms. The first kappa shape index (κ1) is 16.2. The van der Waals surface area contributed by atoms with Crippen molar-refractivity contribution >= 4 is 15.9 Å². The second-order valence-electron chi connectivity index (χ2n) is 5.41. The number of aryl methyl sites for hydroxylation is 2. The van der Waals surface area contributed by atoms with Gasteiger partial charge in [-0.05, 0) is 56.1 Å². The molecule has 2 rings (SSSR count). The molecule has 0 aromatic heterocycles. The van der Waals surface area contributed by atoms with Crippen molar-refractivity contribution < 1.29 is 4.39 Å². The van der Waals surface area contributed by atoms with Crippen molar-refractivity contribution in [2.75, 3.05) is 6.54 Å². The van der Waals surface area contributed by atoms with E-state index in [0.717, 1.165) is 34.1 Å². The van der Waals surface area contributed by atoms with E-state index in [0.29, 0.717) is 5.56 Å². The van der Waals surface area contributed by atoms with Gasteiger partial charge in [0, 0.05) is 10.0 Å². The van der Waals surface area contributed by atoms with Gasteiger partial charge in [-0.25, -0.2) is 4.39 Å². The van der Waals surface area contributed by atoms with Crippen molar-refractivity contribution in [3.8, 4) is 0 Å². The molecule has 3 heteroatoms. The lowest BCUT2D eigenvalue weighted by Gasteiger charge is -2.22. The van der Waals surface area contributed by atoms with E-state index < -0.39 is 0 Å². The van der Waals surface area contributed by atoms with Gasteiger partial charge in [0.1, 0.15) is 5.82 Å². The van der Waals surface area contributed by atoms with E-state index in [1.54, 1.807) is 6.07 Å². The Labute approximate surface area is 134 Å². The highest BCUT2D eigenvalue weighted by molar-refractivity contribution is 9.10. The van der Waals surface area contributed by atoms with Gasteiger partial charge in [-0.15, -0.1) is 0 Å². The highest BCUT2D eigenvalue weighted by atomic mass is 79.9.